The third-order valence-electron chi connectivity index (χ3n) is 4.84. The summed E-state index contributed by atoms with van der Waals surface area (Å²) in [6.45, 7) is 1.82. The molecule has 5 aromatic rings. The number of anilines is 1. The quantitative estimate of drug-likeness (QED) is 0.423. The lowest BCUT2D eigenvalue weighted by molar-refractivity contribution is 0.102. The molecular formula is C25H19N5O2. The number of carbonyl (C=O) groups is 1. The number of nitrogens with one attached hydrogen (secondary N) is 1. The lowest BCUT2D eigenvalue weighted by atomic mass is 10.2. The Kier molecular flexibility index (Phi) is 5.05. The fraction of sp³-hybridized carbons (Fsp3) is 0.0400. The van der Waals surface area contributed by atoms with Gasteiger partial charge in [0.15, 0.2) is 0 Å². The minimum absolute atomic E-state index is 0.271. The highest BCUT2D eigenvalue weighted by Crippen LogP contribution is 2.23. The number of nitrogens with zero attached hydrogens (tertiary/aromatic N) is 4. The number of ether oxygens (including phenoxy) is 1. The van der Waals surface area contributed by atoms with Crippen molar-refractivity contribution >= 4 is 22.5 Å². The maximum Gasteiger partial charge on any atom is 0.274 e. The van der Waals surface area contributed by atoms with Gasteiger partial charge in [-0.05, 0) is 55.5 Å². The summed E-state index contributed by atoms with van der Waals surface area (Å²) >= 11 is 0. The number of aryl methyl sites for hydroxylation is 1. The summed E-state index contributed by atoms with van der Waals surface area (Å²) in [6, 6.07) is 24.0. The van der Waals surface area contributed by atoms with Crippen molar-refractivity contribution in [2.75, 3.05) is 5.32 Å². The average Bonchev–Trinajstić information content (AvgIpc) is 3.35. The highest BCUT2D eigenvalue weighted by molar-refractivity contribution is 6.04. The molecule has 156 valence electrons. The normalized spacial score (nSPS) is 10.8. The van der Waals surface area contributed by atoms with Crippen LogP contribution in [0.5, 0.6) is 11.6 Å². The number of para-hydroxylation sites is 1. The van der Waals surface area contributed by atoms with Gasteiger partial charge in [0.1, 0.15) is 23.1 Å². The molecule has 3 heterocycles. The van der Waals surface area contributed by atoms with E-state index < -0.39 is 0 Å². The first-order valence-corrected chi connectivity index (χ1v) is 10.1. The molecule has 3 aromatic heterocycles. The summed E-state index contributed by atoms with van der Waals surface area (Å²) in [5.74, 6) is 2.11. The van der Waals surface area contributed by atoms with E-state index >= 15 is 0 Å². The fourth-order valence-electron chi connectivity index (χ4n) is 3.31. The zero-order valence-electron chi connectivity index (χ0n) is 17.3. The summed E-state index contributed by atoms with van der Waals surface area (Å²) in [4.78, 5) is 25.8. The van der Waals surface area contributed by atoms with Gasteiger partial charge in [-0.15, -0.1) is 0 Å². The zero-order valence-corrected chi connectivity index (χ0v) is 17.3. The lowest BCUT2D eigenvalue weighted by Gasteiger charge is -2.10. The van der Waals surface area contributed by atoms with Crippen molar-refractivity contribution in [2.24, 2.45) is 0 Å². The number of hydrogen-bond acceptors (Lipinski definition) is 5. The van der Waals surface area contributed by atoms with Gasteiger partial charge in [0.05, 0.1) is 5.52 Å². The SMILES string of the molecule is Cc1nc(Oc2ccc(NC(=O)c3ccc4ccccc4n3)cc2)cc(-n2cccc2)n1. The van der Waals surface area contributed by atoms with Crippen LogP contribution in [0.1, 0.15) is 16.3 Å². The smallest absolute Gasteiger partial charge is 0.274 e. The minimum atomic E-state index is -0.271. The molecule has 0 atom stereocenters. The van der Waals surface area contributed by atoms with Gasteiger partial charge >= 0.3 is 0 Å². The molecule has 2 aromatic carbocycles. The van der Waals surface area contributed by atoms with Crippen molar-refractivity contribution < 1.29 is 9.53 Å². The van der Waals surface area contributed by atoms with Crippen molar-refractivity contribution in [3.8, 4) is 17.4 Å². The molecule has 0 aliphatic rings. The molecule has 0 fully saturated rings. The van der Waals surface area contributed by atoms with Crippen LogP contribution in [0.3, 0.4) is 0 Å². The predicted molar refractivity (Wildman–Crippen MR) is 122 cm³/mol. The number of hydrogen-bond donors (Lipinski definition) is 1. The highest BCUT2D eigenvalue weighted by atomic mass is 16.5. The fourth-order valence-corrected chi connectivity index (χ4v) is 3.31. The number of benzene rings is 2. The number of fused-ring (bicyclic) bond motifs is 1. The Morgan fingerprint density at radius 2 is 1.66 bits per heavy atom. The van der Waals surface area contributed by atoms with E-state index in [4.69, 9.17) is 4.74 Å². The molecule has 0 spiro atoms. The van der Waals surface area contributed by atoms with E-state index in [1.807, 2.05) is 66.3 Å². The molecule has 7 nitrogen and oxygen atoms in total. The second-order valence-electron chi connectivity index (χ2n) is 7.17. The van der Waals surface area contributed by atoms with Crippen LogP contribution in [0.4, 0.5) is 5.69 Å². The molecule has 7 heteroatoms. The first-order valence-electron chi connectivity index (χ1n) is 10.1. The van der Waals surface area contributed by atoms with Gasteiger partial charge in [0.25, 0.3) is 5.91 Å². The maximum atomic E-state index is 12.6. The van der Waals surface area contributed by atoms with E-state index in [-0.39, 0.29) is 5.91 Å². The molecule has 0 aliphatic carbocycles. The van der Waals surface area contributed by atoms with Gasteiger partial charge in [-0.1, -0.05) is 24.3 Å². The summed E-state index contributed by atoms with van der Waals surface area (Å²) < 4.78 is 7.79. The van der Waals surface area contributed by atoms with E-state index in [1.54, 1.807) is 36.4 Å². The predicted octanol–water partition coefficient (Wildman–Crippen LogP) is 5.17. The third-order valence-corrected chi connectivity index (χ3v) is 4.84. The van der Waals surface area contributed by atoms with E-state index in [2.05, 4.69) is 20.3 Å². The lowest BCUT2D eigenvalue weighted by Crippen LogP contribution is -2.13. The summed E-state index contributed by atoms with van der Waals surface area (Å²) in [5.41, 5.74) is 1.78. The van der Waals surface area contributed by atoms with Crippen LogP contribution < -0.4 is 10.1 Å². The standard InChI is InChI=1S/C25H19N5O2/c1-17-26-23(30-14-4-5-15-30)16-24(27-17)32-20-11-9-19(10-12-20)28-25(31)22-13-8-18-6-2-3-7-21(18)29-22/h2-16H,1H3,(H,28,31). The molecule has 1 N–H and O–H groups in total. The molecule has 0 saturated carbocycles. The number of rotatable bonds is 5. The summed E-state index contributed by atoms with van der Waals surface area (Å²) in [7, 11) is 0. The zero-order chi connectivity index (χ0) is 21.9. The number of amides is 1. The van der Waals surface area contributed by atoms with E-state index in [0.29, 0.717) is 28.8 Å². The first kappa shape index (κ1) is 19.4. The summed E-state index contributed by atoms with van der Waals surface area (Å²) in [5, 5.41) is 3.86. The van der Waals surface area contributed by atoms with Gasteiger partial charge in [-0.2, -0.15) is 4.98 Å². The number of aromatic nitrogens is 4. The van der Waals surface area contributed by atoms with Gasteiger partial charge in [0, 0.05) is 29.5 Å². The Morgan fingerprint density at radius 1 is 0.875 bits per heavy atom. The van der Waals surface area contributed by atoms with Crippen LogP contribution in [0.2, 0.25) is 0 Å². The Morgan fingerprint density at radius 3 is 2.47 bits per heavy atom. The molecule has 0 unspecified atom stereocenters. The molecule has 0 bridgehead atoms. The molecule has 0 aliphatic heterocycles. The highest BCUT2D eigenvalue weighted by Gasteiger charge is 2.10. The van der Waals surface area contributed by atoms with E-state index in [9.17, 15) is 4.79 Å². The third kappa shape index (κ3) is 4.17. The molecule has 32 heavy (non-hydrogen) atoms. The first-order chi connectivity index (χ1) is 15.6. The largest absolute Gasteiger partial charge is 0.439 e. The van der Waals surface area contributed by atoms with E-state index in [1.165, 1.54) is 0 Å². The molecule has 0 radical (unpaired) electrons. The maximum absolute atomic E-state index is 12.6. The van der Waals surface area contributed by atoms with Crippen molar-refractivity contribution in [2.45, 2.75) is 6.92 Å². The molecular weight excluding hydrogens is 402 g/mol. The average molecular weight is 421 g/mol. The Balaban J connectivity index is 1.29. The molecule has 1 amide bonds. The van der Waals surface area contributed by atoms with Crippen LogP contribution >= 0.6 is 0 Å². The van der Waals surface area contributed by atoms with Gasteiger partial charge < -0.3 is 14.6 Å². The van der Waals surface area contributed by atoms with E-state index in [0.717, 1.165) is 16.7 Å². The summed E-state index contributed by atoms with van der Waals surface area (Å²) in [6.07, 6.45) is 3.82. The van der Waals surface area contributed by atoms with Crippen molar-refractivity contribution in [1.82, 2.24) is 19.5 Å². The minimum Gasteiger partial charge on any atom is -0.439 e. The van der Waals surface area contributed by atoms with Crippen molar-refractivity contribution in [3.63, 3.8) is 0 Å². The van der Waals surface area contributed by atoms with Crippen LogP contribution in [-0.4, -0.2) is 25.4 Å². The second kappa shape index (κ2) is 8.31. The monoisotopic (exact) mass is 421 g/mol. The Labute approximate surface area is 184 Å². The second-order valence-corrected chi connectivity index (χ2v) is 7.17. The Hall–Kier alpha value is -4.52. The number of carbonyl (C=O) groups excluding carboxylic acids is 1. The Bertz CT molecular complexity index is 1400. The van der Waals surface area contributed by atoms with Crippen LogP contribution in [-0.2, 0) is 0 Å². The van der Waals surface area contributed by atoms with Gasteiger partial charge in [-0.25, -0.2) is 9.97 Å². The molecule has 0 saturated heterocycles. The van der Waals surface area contributed by atoms with Gasteiger partial charge in [0.2, 0.25) is 5.88 Å². The van der Waals surface area contributed by atoms with Crippen LogP contribution in [0.25, 0.3) is 16.7 Å². The topological polar surface area (TPSA) is 81.9 Å². The van der Waals surface area contributed by atoms with Crippen molar-refractivity contribution in [1.29, 1.82) is 0 Å². The van der Waals surface area contributed by atoms with Crippen LogP contribution in [0, 0.1) is 6.92 Å². The van der Waals surface area contributed by atoms with Crippen LogP contribution in [0.15, 0.2) is 91.3 Å². The molecule has 5 rings (SSSR count). The van der Waals surface area contributed by atoms with Crippen molar-refractivity contribution in [3.05, 3.63) is 103 Å². The number of pyridine rings is 1. The van der Waals surface area contributed by atoms with Gasteiger partial charge in [-0.3, -0.25) is 4.79 Å².